The molecule has 1 heterocycles. The molecule has 0 bridgehead atoms. The molecule has 1 aromatic rings. The van der Waals surface area contributed by atoms with Crippen LogP contribution in [0.15, 0.2) is 16.7 Å². The van der Waals surface area contributed by atoms with Gasteiger partial charge in [0.1, 0.15) is 12.0 Å². The molecule has 5 nitrogen and oxygen atoms in total. The number of carbonyl (C=O) groups excluding carboxylic acids is 1. The number of ether oxygens (including phenoxy) is 1. The smallest absolute Gasteiger partial charge is 0.257 e. The maximum absolute atomic E-state index is 13.2. The van der Waals surface area contributed by atoms with Crippen molar-refractivity contribution in [3.63, 3.8) is 0 Å². The molecule has 2 unspecified atom stereocenters. The van der Waals surface area contributed by atoms with Gasteiger partial charge in [0.25, 0.3) is 5.91 Å². The Morgan fingerprint density at radius 1 is 1.35 bits per heavy atom. The lowest BCUT2D eigenvalue weighted by Crippen LogP contribution is -2.66. The van der Waals surface area contributed by atoms with Crippen molar-refractivity contribution in [3.05, 3.63) is 23.7 Å². The van der Waals surface area contributed by atoms with Crippen molar-refractivity contribution in [2.24, 2.45) is 11.1 Å². The molecule has 1 spiro atoms. The van der Waals surface area contributed by atoms with Crippen molar-refractivity contribution in [1.82, 2.24) is 4.90 Å². The topological polar surface area (TPSA) is 68.7 Å². The minimum Gasteiger partial charge on any atom is -0.467 e. The number of furan rings is 1. The van der Waals surface area contributed by atoms with Gasteiger partial charge in [0, 0.05) is 24.6 Å². The van der Waals surface area contributed by atoms with E-state index in [4.69, 9.17) is 14.9 Å². The van der Waals surface area contributed by atoms with Crippen LogP contribution in [0.4, 0.5) is 0 Å². The van der Waals surface area contributed by atoms with Gasteiger partial charge in [-0.25, -0.2) is 0 Å². The summed E-state index contributed by atoms with van der Waals surface area (Å²) in [6.07, 6.45) is 9.93. The molecule has 1 amide bonds. The highest BCUT2D eigenvalue weighted by Crippen LogP contribution is 2.55. The van der Waals surface area contributed by atoms with E-state index in [9.17, 15) is 4.79 Å². The Labute approximate surface area is 163 Å². The molecular weight excluding hydrogens is 352 g/mol. The molecule has 2 fully saturated rings. The van der Waals surface area contributed by atoms with Crippen LogP contribution < -0.4 is 5.73 Å². The van der Waals surface area contributed by atoms with Crippen LogP contribution in [0.25, 0.3) is 0 Å². The van der Waals surface area contributed by atoms with E-state index in [0.717, 1.165) is 26.0 Å². The zero-order chi connectivity index (χ0) is 17.9. The van der Waals surface area contributed by atoms with Crippen molar-refractivity contribution >= 4 is 18.3 Å². The number of amides is 1. The normalized spacial score (nSPS) is 24.0. The minimum atomic E-state index is 0. The Balaban J connectivity index is 0.00000243. The number of hydrogen-bond acceptors (Lipinski definition) is 4. The Hall–Kier alpha value is -1.04. The van der Waals surface area contributed by atoms with Crippen LogP contribution in [0, 0.1) is 5.41 Å². The number of halogens is 1. The lowest BCUT2D eigenvalue weighted by Gasteiger charge is -2.60. The van der Waals surface area contributed by atoms with E-state index < -0.39 is 0 Å². The molecule has 0 radical (unpaired) electrons. The van der Waals surface area contributed by atoms with Gasteiger partial charge in [-0.1, -0.05) is 26.2 Å². The number of carbonyl (C=O) groups is 1. The number of nitrogens with zero attached hydrogens (tertiary/aromatic N) is 1. The predicted octanol–water partition coefficient (Wildman–Crippen LogP) is 4.14. The first-order chi connectivity index (χ1) is 12.2. The highest BCUT2D eigenvalue weighted by atomic mass is 35.5. The Morgan fingerprint density at radius 2 is 2.08 bits per heavy atom. The first-order valence-corrected chi connectivity index (χ1v) is 9.86. The van der Waals surface area contributed by atoms with Gasteiger partial charge < -0.3 is 19.8 Å². The molecule has 2 N–H and O–H groups in total. The molecule has 2 aliphatic rings. The highest BCUT2D eigenvalue weighted by molar-refractivity contribution is 5.94. The van der Waals surface area contributed by atoms with Crippen molar-refractivity contribution in [2.45, 2.75) is 77.5 Å². The van der Waals surface area contributed by atoms with Gasteiger partial charge in [-0.05, 0) is 38.7 Å². The molecule has 148 valence electrons. The van der Waals surface area contributed by atoms with Gasteiger partial charge >= 0.3 is 0 Å². The van der Waals surface area contributed by atoms with Gasteiger partial charge in [-0.15, -0.1) is 12.4 Å². The first-order valence-electron chi connectivity index (χ1n) is 9.86. The lowest BCUT2D eigenvalue weighted by atomic mass is 9.54. The lowest BCUT2D eigenvalue weighted by molar-refractivity contribution is -0.174. The van der Waals surface area contributed by atoms with Gasteiger partial charge in [-0.3, -0.25) is 4.79 Å². The maximum atomic E-state index is 13.2. The summed E-state index contributed by atoms with van der Waals surface area (Å²) in [7, 11) is 0. The third-order valence-corrected chi connectivity index (χ3v) is 6.10. The Kier molecular flexibility index (Phi) is 7.56. The second kappa shape index (κ2) is 9.25. The largest absolute Gasteiger partial charge is 0.467 e. The average Bonchev–Trinajstić information content (AvgIpc) is 3.13. The molecule has 6 heteroatoms. The van der Waals surface area contributed by atoms with E-state index in [1.807, 2.05) is 0 Å². The first kappa shape index (κ1) is 21.3. The van der Waals surface area contributed by atoms with Crippen LogP contribution in [0.2, 0.25) is 0 Å². The molecule has 2 saturated carbocycles. The molecule has 0 aliphatic heterocycles. The monoisotopic (exact) mass is 384 g/mol. The van der Waals surface area contributed by atoms with Gasteiger partial charge in [0.2, 0.25) is 0 Å². The van der Waals surface area contributed by atoms with E-state index in [1.165, 1.54) is 32.1 Å². The van der Waals surface area contributed by atoms with Crippen LogP contribution in [0.3, 0.4) is 0 Å². The molecule has 2 aliphatic carbocycles. The Morgan fingerprint density at radius 3 is 2.65 bits per heavy atom. The quantitative estimate of drug-likeness (QED) is 0.767. The van der Waals surface area contributed by atoms with E-state index in [2.05, 4.69) is 18.7 Å². The van der Waals surface area contributed by atoms with Crippen molar-refractivity contribution < 1.29 is 13.9 Å². The van der Waals surface area contributed by atoms with Crippen LogP contribution in [0.5, 0.6) is 0 Å². The summed E-state index contributed by atoms with van der Waals surface area (Å²) < 4.78 is 11.5. The van der Waals surface area contributed by atoms with Gasteiger partial charge in [0.15, 0.2) is 0 Å². The number of rotatable bonds is 7. The summed E-state index contributed by atoms with van der Waals surface area (Å²) in [6.45, 7) is 6.06. The van der Waals surface area contributed by atoms with Crippen molar-refractivity contribution in [3.8, 4) is 0 Å². The summed E-state index contributed by atoms with van der Waals surface area (Å²) in [5.74, 6) is 0.739. The summed E-state index contributed by atoms with van der Waals surface area (Å²) >= 11 is 0. The zero-order valence-corrected chi connectivity index (χ0v) is 16.9. The van der Waals surface area contributed by atoms with Crippen molar-refractivity contribution in [1.29, 1.82) is 0 Å². The molecule has 0 saturated heterocycles. The van der Waals surface area contributed by atoms with Crippen LogP contribution in [-0.4, -0.2) is 36.1 Å². The fourth-order valence-corrected chi connectivity index (χ4v) is 4.87. The maximum Gasteiger partial charge on any atom is 0.257 e. The minimum absolute atomic E-state index is 0. The van der Waals surface area contributed by atoms with Crippen LogP contribution in [0.1, 0.15) is 74.9 Å². The van der Waals surface area contributed by atoms with E-state index in [1.54, 1.807) is 12.3 Å². The molecule has 26 heavy (non-hydrogen) atoms. The Bertz CT molecular complexity index is 583. The number of nitrogens with two attached hydrogens (primary N) is 1. The standard InChI is InChI=1S/C20H32N2O3.ClH/c1-3-10-22(19(23)15-11-16(13-21)25-14-15)17-12-18(24-4-2)20(17)8-6-5-7-9-20;/h11,14,17-18H,3-10,12-13,21H2,1-2H3;1H. The SMILES string of the molecule is CCCN(C(=O)c1coc(CN)c1)C1CC(OCC)C12CCCCC2.Cl. The third-order valence-electron chi connectivity index (χ3n) is 6.10. The average molecular weight is 385 g/mol. The molecular formula is C20H33ClN2O3. The van der Waals surface area contributed by atoms with E-state index in [0.29, 0.717) is 24.0 Å². The van der Waals surface area contributed by atoms with E-state index >= 15 is 0 Å². The summed E-state index contributed by atoms with van der Waals surface area (Å²) in [4.78, 5) is 15.3. The second-order valence-corrected chi connectivity index (χ2v) is 7.49. The van der Waals surface area contributed by atoms with E-state index in [-0.39, 0.29) is 29.8 Å². The second-order valence-electron chi connectivity index (χ2n) is 7.49. The van der Waals surface area contributed by atoms with Crippen LogP contribution in [-0.2, 0) is 11.3 Å². The summed E-state index contributed by atoms with van der Waals surface area (Å²) in [5.41, 5.74) is 6.40. The summed E-state index contributed by atoms with van der Waals surface area (Å²) in [5, 5.41) is 0. The highest BCUT2D eigenvalue weighted by Gasteiger charge is 2.58. The van der Waals surface area contributed by atoms with Gasteiger partial charge in [0.05, 0.1) is 18.2 Å². The number of hydrogen-bond donors (Lipinski definition) is 1. The molecule has 1 aromatic heterocycles. The van der Waals surface area contributed by atoms with Crippen molar-refractivity contribution in [2.75, 3.05) is 13.2 Å². The molecule has 0 aromatic carbocycles. The fourth-order valence-electron chi connectivity index (χ4n) is 4.87. The van der Waals surface area contributed by atoms with Crippen LogP contribution >= 0.6 is 12.4 Å². The summed E-state index contributed by atoms with van der Waals surface area (Å²) in [6, 6.07) is 2.07. The zero-order valence-electron chi connectivity index (χ0n) is 16.0. The third kappa shape index (κ3) is 3.80. The predicted molar refractivity (Wildman–Crippen MR) is 105 cm³/mol. The fraction of sp³-hybridized carbons (Fsp3) is 0.750. The van der Waals surface area contributed by atoms with Gasteiger partial charge in [-0.2, -0.15) is 0 Å². The molecule has 2 atom stereocenters. The molecule has 3 rings (SSSR count).